The minimum absolute atomic E-state index is 0.139. The molecule has 0 amide bonds. The van der Waals surface area contributed by atoms with E-state index in [0.717, 1.165) is 30.6 Å². The number of nitrogens with zero attached hydrogens (tertiary/aromatic N) is 3. The average Bonchev–Trinajstić information content (AvgIpc) is 3.16. The Bertz CT molecular complexity index is 629. The second-order valence-electron chi connectivity index (χ2n) is 6.03. The molecule has 3 rings (SSSR count). The van der Waals surface area contributed by atoms with E-state index in [0.29, 0.717) is 6.54 Å². The van der Waals surface area contributed by atoms with Gasteiger partial charge < -0.3 is 9.84 Å². The Hall–Kier alpha value is -1.76. The molecule has 1 N–H and O–H groups in total. The number of ether oxygens (including phenoxy) is 1. The second kappa shape index (κ2) is 7.21. The van der Waals surface area contributed by atoms with E-state index in [1.165, 1.54) is 12.1 Å². The molecule has 0 aliphatic carbocycles. The normalized spacial score (nSPS) is 21.9. The van der Waals surface area contributed by atoms with E-state index >= 15 is 0 Å². The van der Waals surface area contributed by atoms with E-state index in [-0.39, 0.29) is 24.6 Å². The van der Waals surface area contributed by atoms with Gasteiger partial charge in [-0.1, -0.05) is 12.1 Å². The van der Waals surface area contributed by atoms with Crippen LogP contribution >= 0.6 is 0 Å². The SMILES string of the molecule is CO[C@H]1C[C@@H](CO)N(Cc2cnn(Cc3ccc(F)cc3)c2)C1. The Balaban J connectivity index is 1.61. The highest BCUT2D eigenvalue weighted by Crippen LogP contribution is 2.22. The monoisotopic (exact) mass is 319 g/mol. The van der Waals surface area contributed by atoms with Gasteiger partial charge in [-0.2, -0.15) is 5.10 Å². The topological polar surface area (TPSA) is 50.5 Å². The molecular weight excluding hydrogens is 297 g/mol. The summed E-state index contributed by atoms with van der Waals surface area (Å²) in [5.74, 6) is -0.230. The summed E-state index contributed by atoms with van der Waals surface area (Å²) in [7, 11) is 1.71. The van der Waals surface area contributed by atoms with E-state index < -0.39 is 0 Å². The molecule has 1 aromatic heterocycles. The predicted octanol–water partition coefficient (Wildman–Crippen LogP) is 1.65. The number of rotatable bonds is 6. The second-order valence-corrected chi connectivity index (χ2v) is 6.03. The van der Waals surface area contributed by atoms with Gasteiger partial charge >= 0.3 is 0 Å². The zero-order chi connectivity index (χ0) is 16.2. The van der Waals surface area contributed by atoms with Crippen LogP contribution in [-0.2, 0) is 17.8 Å². The van der Waals surface area contributed by atoms with Crippen LogP contribution in [0.25, 0.3) is 0 Å². The Labute approximate surface area is 135 Å². The van der Waals surface area contributed by atoms with E-state index in [9.17, 15) is 9.50 Å². The number of methoxy groups -OCH3 is 1. The smallest absolute Gasteiger partial charge is 0.123 e. The first-order chi connectivity index (χ1) is 11.2. The maximum atomic E-state index is 12.9. The molecule has 0 unspecified atom stereocenters. The molecule has 124 valence electrons. The summed E-state index contributed by atoms with van der Waals surface area (Å²) in [4.78, 5) is 2.23. The number of likely N-dealkylation sites (tertiary alicyclic amines) is 1. The fourth-order valence-electron chi connectivity index (χ4n) is 3.08. The van der Waals surface area contributed by atoms with Gasteiger partial charge in [0.05, 0.1) is 25.5 Å². The zero-order valence-electron chi connectivity index (χ0n) is 13.2. The standard InChI is InChI=1S/C17H22FN3O2/c1-23-17-6-16(12-22)20(11-17)8-14-7-19-21(10-14)9-13-2-4-15(18)5-3-13/h2-5,7,10,16-17,22H,6,8-9,11-12H2,1H3/t16-,17-/m0/s1. The summed E-state index contributed by atoms with van der Waals surface area (Å²) in [6, 6.07) is 6.59. The van der Waals surface area contributed by atoms with E-state index in [1.54, 1.807) is 19.2 Å². The molecule has 1 saturated heterocycles. The van der Waals surface area contributed by atoms with Crippen LogP contribution in [0.5, 0.6) is 0 Å². The van der Waals surface area contributed by atoms with Crippen LogP contribution in [0.3, 0.4) is 0 Å². The van der Waals surface area contributed by atoms with Crippen molar-refractivity contribution >= 4 is 0 Å². The van der Waals surface area contributed by atoms with Gasteiger partial charge in [0.2, 0.25) is 0 Å². The lowest BCUT2D eigenvalue weighted by Crippen LogP contribution is -2.31. The summed E-state index contributed by atoms with van der Waals surface area (Å²) in [6.07, 6.45) is 4.88. The highest BCUT2D eigenvalue weighted by molar-refractivity contribution is 5.17. The minimum atomic E-state index is -0.230. The highest BCUT2D eigenvalue weighted by Gasteiger charge is 2.31. The molecule has 23 heavy (non-hydrogen) atoms. The molecule has 0 saturated carbocycles. The van der Waals surface area contributed by atoms with Crippen molar-refractivity contribution in [2.45, 2.75) is 31.7 Å². The third kappa shape index (κ3) is 3.96. The summed E-state index contributed by atoms with van der Waals surface area (Å²) in [5, 5.41) is 13.9. The lowest BCUT2D eigenvalue weighted by Gasteiger charge is -2.21. The molecular formula is C17H22FN3O2. The van der Waals surface area contributed by atoms with E-state index in [4.69, 9.17) is 4.74 Å². The molecule has 1 aliphatic heterocycles. The fourth-order valence-corrected chi connectivity index (χ4v) is 3.08. The van der Waals surface area contributed by atoms with Crippen LogP contribution < -0.4 is 0 Å². The number of benzene rings is 1. The van der Waals surface area contributed by atoms with Crippen molar-refractivity contribution in [1.29, 1.82) is 0 Å². The number of hydrogen-bond acceptors (Lipinski definition) is 4. The molecule has 6 heteroatoms. The Kier molecular flexibility index (Phi) is 5.05. The quantitative estimate of drug-likeness (QED) is 0.880. The Morgan fingerprint density at radius 3 is 2.74 bits per heavy atom. The average molecular weight is 319 g/mol. The molecule has 1 aliphatic rings. The van der Waals surface area contributed by atoms with Crippen molar-refractivity contribution in [1.82, 2.24) is 14.7 Å². The van der Waals surface area contributed by atoms with Crippen LogP contribution in [0.1, 0.15) is 17.5 Å². The van der Waals surface area contributed by atoms with Crippen LogP contribution in [-0.4, -0.2) is 52.2 Å². The van der Waals surface area contributed by atoms with E-state index in [2.05, 4.69) is 10.00 Å². The van der Waals surface area contributed by atoms with Crippen molar-refractivity contribution in [3.63, 3.8) is 0 Å². The Morgan fingerprint density at radius 1 is 1.26 bits per heavy atom. The zero-order valence-corrected chi connectivity index (χ0v) is 13.2. The molecule has 0 spiro atoms. The largest absolute Gasteiger partial charge is 0.395 e. The van der Waals surface area contributed by atoms with Crippen LogP contribution in [0.15, 0.2) is 36.7 Å². The van der Waals surface area contributed by atoms with Crippen molar-refractivity contribution in [3.05, 3.63) is 53.6 Å². The third-order valence-corrected chi connectivity index (χ3v) is 4.36. The predicted molar refractivity (Wildman–Crippen MR) is 84.4 cm³/mol. The van der Waals surface area contributed by atoms with Crippen molar-refractivity contribution in [2.24, 2.45) is 0 Å². The fraction of sp³-hybridized carbons (Fsp3) is 0.471. The Morgan fingerprint density at radius 2 is 2.04 bits per heavy atom. The number of aromatic nitrogens is 2. The molecule has 2 aromatic rings. The summed E-state index contributed by atoms with van der Waals surface area (Å²) in [6.45, 7) is 2.33. The maximum absolute atomic E-state index is 12.9. The number of halogens is 1. The molecule has 1 fully saturated rings. The molecule has 1 aromatic carbocycles. The number of aliphatic hydroxyl groups excluding tert-OH is 1. The first-order valence-electron chi connectivity index (χ1n) is 7.81. The van der Waals surface area contributed by atoms with Gasteiger partial charge in [-0.3, -0.25) is 9.58 Å². The molecule has 0 radical (unpaired) electrons. The maximum Gasteiger partial charge on any atom is 0.123 e. The first-order valence-corrected chi connectivity index (χ1v) is 7.81. The molecule has 5 nitrogen and oxygen atoms in total. The van der Waals surface area contributed by atoms with Gasteiger partial charge in [-0.25, -0.2) is 4.39 Å². The summed E-state index contributed by atoms with van der Waals surface area (Å²) >= 11 is 0. The van der Waals surface area contributed by atoms with Crippen molar-refractivity contribution < 1.29 is 14.2 Å². The van der Waals surface area contributed by atoms with Gasteiger partial charge in [-0.05, 0) is 24.1 Å². The van der Waals surface area contributed by atoms with Gasteiger partial charge in [0.15, 0.2) is 0 Å². The van der Waals surface area contributed by atoms with E-state index in [1.807, 2.05) is 17.1 Å². The lowest BCUT2D eigenvalue weighted by atomic mass is 10.2. The van der Waals surface area contributed by atoms with Gasteiger partial charge in [0, 0.05) is 38.0 Å². The molecule has 0 bridgehead atoms. The van der Waals surface area contributed by atoms with Gasteiger partial charge in [0.25, 0.3) is 0 Å². The highest BCUT2D eigenvalue weighted by atomic mass is 19.1. The lowest BCUT2D eigenvalue weighted by molar-refractivity contribution is 0.107. The van der Waals surface area contributed by atoms with Crippen LogP contribution in [0, 0.1) is 5.82 Å². The number of aliphatic hydroxyl groups is 1. The third-order valence-electron chi connectivity index (χ3n) is 4.36. The van der Waals surface area contributed by atoms with Gasteiger partial charge in [0.1, 0.15) is 5.82 Å². The molecule has 2 heterocycles. The van der Waals surface area contributed by atoms with Crippen LogP contribution in [0.2, 0.25) is 0 Å². The van der Waals surface area contributed by atoms with Crippen LogP contribution in [0.4, 0.5) is 4.39 Å². The van der Waals surface area contributed by atoms with Crippen molar-refractivity contribution in [3.8, 4) is 0 Å². The number of hydrogen-bond donors (Lipinski definition) is 1. The first kappa shape index (κ1) is 16.1. The molecule has 2 atom stereocenters. The minimum Gasteiger partial charge on any atom is -0.395 e. The van der Waals surface area contributed by atoms with Crippen molar-refractivity contribution in [2.75, 3.05) is 20.3 Å². The summed E-state index contributed by atoms with van der Waals surface area (Å²) in [5.41, 5.74) is 2.11. The summed E-state index contributed by atoms with van der Waals surface area (Å²) < 4.78 is 20.2. The van der Waals surface area contributed by atoms with Gasteiger partial charge in [-0.15, -0.1) is 0 Å².